The molecule has 5 rings (SSSR count). The number of amides is 1. The van der Waals surface area contributed by atoms with Gasteiger partial charge in [0, 0.05) is 42.5 Å². The second-order valence-electron chi connectivity index (χ2n) is 8.36. The van der Waals surface area contributed by atoms with Crippen molar-refractivity contribution in [3.63, 3.8) is 0 Å². The predicted molar refractivity (Wildman–Crippen MR) is 119 cm³/mol. The van der Waals surface area contributed by atoms with E-state index in [0.29, 0.717) is 5.92 Å². The van der Waals surface area contributed by atoms with Gasteiger partial charge in [0.05, 0.1) is 11.6 Å². The Balaban J connectivity index is 1.27. The number of fused-ring (bicyclic) bond motifs is 2. The number of carbonyl (C=O) groups is 1. The van der Waals surface area contributed by atoms with Gasteiger partial charge in [0.15, 0.2) is 0 Å². The van der Waals surface area contributed by atoms with Crippen LogP contribution in [0, 0.1) is 0 Å². The summed E-state index contributed by atoms with van der Waals surface area (Å²) in [5.74, 6) is 0.686. The molecule has 0 radical (unpaired) electrons. The first-order valence-electron chi connectivity index (χ1n) is 10.5. The van der Waals surface area contributed by atoms with Gasteiger partial charge in [0.2, 0.25) is 5.91 Å². The van der Waals surface area contributed by atoms with E-state index in [-0.39, 0.29) is 11.9 Å². The van der Waals surface area contributed by atoms with Crippen LogP contribution in [0.4, 0.5) is 5.69 Å². The van der Waals surface area contributed by atoms with Crippen molar-refractivity contribution in [1.82, 2.24) is 8.99 Å². The number of anilines is 1. The zero-order valence-corrected chi connectivity index (χ0v) is 17.5. The van der Waals surface area contributed by atoms with Gasteiger partial charge in [-0.25, -0.2) is 0 Å². The molecule has 1 saturated heterocycles. The molecule has 1 aromatic heterocycles. The quantitative estimate of drug-likeness (QED) is 0.623. The van der Waals surface area contributed by atoms with Gasteiger partial charge < -0.3 is 9.80 Å². The van der Waals surface area contributed by atoms with Gasteiger partial charge >= 0.3 is 0 Å². The molecule has 0 saturated carbocycles. The summed E-state index contributed by atoms with van der Waals surface area (Å²) >= 11 is 6.40. The lowest BCUT2D eigenvalue weighted by atomic mass is 9.89. The van der Waals surface area contributed by atoms with Gasteiger partial charge in [-0.3, -0.25) is 8.88 Å². The molecule has 2 aromatic carbocycles. The number of rotatable bonds is 3. The van der Waals surface area contributed by atoms with Crippen LogP contribution in [0.1, 0.15) is 36.8 Å². The molecular weight excluding hydrogens is 382 g/mol. The van der Waals surface area contributed by atoms with Crippen LogP contribution in [-0.4, -0.2) is 40.6 Å². The average Bonchev–Trinajstić information content (AvgIpc) is 3.26. The molecule has 0 spiro atoms. The van der Waals surface area contributed by atoms with Crippen LogP contribution >= 0.6 is 11.8 Å². The first kappa shape index (κ1) is 18.7. The SMILES string of the molecule is CC(=O)N1c2ccccc2CC1CN1CCC(c2cn(Cl)c3ccccc23)CC1. The molecule has 0 N–H and O–H groups in total. The van der Waals surface area contributed by atoms with Crippen molar-refractivity contribution in [2.45, 2.75) is 38.1 Å². The molecule has 2 aliphatic rings. The molecule has 29 heavy (non-hydrogen) atoms. The molecule has 2 aliphatic heterocycles. The van der Waals surface area contributed by atoms with Crippen LogP contribution in [-0.2, 0) is 11.2 Å². The minimum absolute atomic E-state index is 0.143. The van der Waals surface area contributed by atoms with E-state index >= 15 is 0 Å². The highest BCUT2D eigenvalue weighted by Gasteiger charge is 2.34. The van der Waals surface area contributed by atoms with Crippen LogP contribution in [0.3, 0.4) is 0 Å². The van der Waals surface area contributed by atoms with Crippen LogP contribution in [0.15, 0.2) is 54.7 Å². The summed E-state index contributed by atoms with van der Waals surface area (Å²) in [7, 11) is 0. The van der Waals surface area contributed by atoms with E-state index in [1.807, 2.05) is 17.0 Å². The number of benzene rings is 2. The van der Waals surface area contributed by atoms with E-state index in [2.05, 4.69) is 47.5 Å². The first-order valence-corrected chi connectivity index (χ1v) is 10.8. The minimum Gasteiger partial charge on any atom is -0.308 e. The third-order valence-electron chi connectivity index (χ3n) is 6.61. The number of hydrogen-bond acceptors (Lipinski definition) is 2. The normalized spacial score (nSPS) is 20.3. The van der Waals surface area contributed by atoms with Gasteiger partial charge in [0.1, 0.15) is 0 Å². The molecule has 1 unspecified atom stereocenters. The molecule has 1 amide bonds. The number of aromatic nitrogens is 1. The van der Waals surface area contributed by atoms with Crippen molar-refractivity contribution in [1.29, 1.82) is 0 Å². The third-order valence-corrected chi connectivity index (χ3v) is 6.88. The van der Waals surface area contributed by atoms with E-state index in [1.165, 1.54) is 16.5 Å². The summed E-state index contributed by atoms with van der Waals surface area (Å²) in [6, 6.07) is 16.9. The number of piperidine rings is 1. The van der Waals surface area contributed by atoms with Gasteiger partial charge in [-0.1, -0.05) is 36.4 Å². The maximum atomic E-state index is 12.3. The maximum absolute atomic E-state index is 12.3. The van der Waals surface area contributed by atoms with Crippen molar-refractivity contribution in [3.05, 3.63) is 65.9 Å². The highest BCUT2D eigenvalue weighted by Crippen LogP contribution is 2.36. The van der Waals surface area contributed by atoms with Crippen molar-refractivity contribution >= 4 is 34.3 Å². The van der Waals surface area contributed by atoms with Crippen molar-refractivity contribution in [3.8, 4) is 0 Å². The highest BCUT2D eigenvalue weighted by atomic mass is 35.5. The van der Waals surface area contributed by atoms with Crippen LogP contribution in [0.25, 0.3) is 10.9 Å². The van der Waals surface area contributed by atoms with E-state index in [0.717, 1.165) is 50.1 Å². The number of hydrogen-bond donors (Lipinski definition) is 0. The number of carbonyl (C=O) groups excluding carboxylic acids is 1. The zero-order chi connectivity index (χ0) is 20.0. The molecule has 3 heterocycles. The summed E-state index contributed by atoms with van der Waals surface area (Å²) in [5, 5.41) is 1.27. The van der Waals surface area contributed by atoms with Crippen molar-refractivity contribution in [2.24, 2.45) is 0 Å². The minimum atomic E-state index is 0.143. The standard InChI is InChI=1S/C24H26ClN3O/c1-17(29)28-20(14-19-6-2-4-8-23(19)28)15-26-12-10-18(11-13-26)22-16-27(25)24-9-5-3-7-21(22)24/h2-9,16,18,20H,10-15H2,1H3. The lowest BCUT2D eigenvalue weighted by molar-refractivity contribution is -0.117. The largest absolute Gasteiger partial charge is 0.308 e. The van der Waals surface area contributed by atoms with Crippen molar-refractivity contribution < 1.29 is 4.79 Å². The Hall–Kier alpha value is -2.30. The van der Waals surface area contributed by atoms with Gasteiger partial charge in [-0.05, 0) is 61.5 Å². The molecule has 1 atom stereocenters. The van der Waals surface area contributed by atoms with Crippen LogP contribution in [0.2, 0.25) is 0 Å². The molecule has 5 heteroatoms. The molecule has 4 nitrogen and oxygen atoms in total. The number of para-hydroxylation sites is 2. The molecule has 0 aliphatic carbocycles. The monoisotopic (exact) mass is 407 g/mol. The lowest BCUT2D eigenvalue weighted by Gasteiger charge is -2.35. The number of halogens is 1. The summed E-state index contributed by atoms with van der Waals surface area (Å²) in [5.41, 5.74) is 4.84. The Kier molecular flexibility index (Phi) is 4.84. The molecule has 3 aromatic rings. The maximum Gasteiger partial charge on any atom is 0.224 e. The lowest BCUT2D eigenvalue weighted by Crippen LogP contribution is -2.46. The topological polar surface area (TPSA) is 28.5 Å². The Labute approximate surface area is 176 Å². The fourth-order valence-electron chi connectivity index (χ4n) is 5.25. The van der Waals surface area contributed by atoms with Crippen LogP contribution < -0.4 is 4.90 Å². The Morgan fingerprint density at radius 3 is 2.59 bits per heavy atom. The molecule has 0 bridgehead atoms. The van der Waals surface area contributed by atoms with Gasteiger partial charge in [-0.2, -0.15) is 0 Å². The highest BCUT2D eigenvalue weighted by molar-refractivity contribution is 6.19. The fourth-order valence-corrected chi connectivity index (χ4v) is 5.50. The second-order valence-corrected chi connectivity index (χ2v) is 8.73. The molecule has 1 fully saturated rings. The van der Waals surface area contributed by atoms with Crippen LogP contribution in [0.5, 0.6) is 0 Å². The molecule has 150 valence electrons. The molecular formula is C24H26ClN3O. The fraction of sp³-hybridized carbons (Fsp3) is 0.375. The summed E-state index contributed by atoms with van der Waals surface area (Å²) < 4.78 is 1.73. The summed E-state index contributed by atoms with van der Waals surface area (Å²) in [6.07, 6.45) is 5.31. The van der Waals surface area contributed by atoms with E-state index in [4.69, 9.17) is 11.8 Å². The summed E-state index contributed by atoms with van der Waals surface area (Å²) in [4.78, 5) is 16.9. The Morgan fingerprint density at radius 2 is 1.79 bits per heavy atom. The first-order chi connectivity index (χ1) is 14.1. The van der Waals surface area contributed by atoms with E-state index in [9.17, 15) is 4.79 Å². The Morgan fingerprint density at radius 1 is 1.07 bits per heavy atom. The van der Waals surface area contributed by atoms with Crippen molar-refractivity contribution in [2.75, 3.05) is 24.5 Å². The number of nitrogens with zero attached hydrogens (tertiary/aromatic N) is 3. The van der Waals surface area contributed by atoms with E-state index in [1.54, 1.807) is 11.0 Å². The Bertz CT molecular complexity index is 1050. The third kappa shape index (κ3) is 3.34. The smallest absolute Gasteiger partial charge is 0.224 e. The predicted octanol–water partition coefficient (Wildman–Crippen LogP) is 4.80. The number of likely N-dealkylation sites (tertiary alicyclic amines) is 1. The summed E-state index contributed by atoms with van der Waals surface area (Å²) in [6.45, 7) is 4.75. The van der Waals surface area contributed by atoms with E-state index < -0.39 is 0 Å². The zero-order valence-electron chi connectivity index (χ0n) is 16.7. The van der Waals surface area contributed by atoms with Gasteiger partial charge in [0.25, 0.3) is 0 Å². The average molecular weight is 408 g/mol. The van der Waals surface area contributed by atoms with Gasteiger partial charge in [-0.15, -0.1) is 0 Å². The second kappa shape index (κ2) is 7.51.